The molecule has 0 spiro atoms. The molecule has 0 bridgehead atoms. The first-order valence-corrected chi connectivity index (χ1v) is 6.57. The highest BCUT2D eigenvalue weighted by Crippen LogP contribution is 2.30. The minimum atomic E-state index is -2.85. The fourth-order valence-electron chi connectivity index (χ4n) is 2.16. The summed E-state index contributed by atoms with van der Waals surface area (Å²) in [6.45, 7) is 0.866. The predicted molar refractivity (Wildman–Crippen MR) is 78.0 cm³/mol. The largest absolute Gasteiger partial charge is 0.508 e. The van der Waals surface area contributed by atoms with Crippen LogP contribution in [0.15, 0.2) is 42.5 Å². The van der Waals surface area contributed by atoms with Crippen LogP contribution in [-0.2, 0) is 0 Å². The molecule has 21 heavy (non-hydrogen) atoms. The van der Waals surface area contributed by atoms with Gasteiger partial charge in [0.05, 0.1) is 6.04 Å². The number of ether oxygens (including phenoxy) is 1. The van der Waals surface area contributed by atoms with Gasteiger partial charge in [0.1, 0.15) is 11.5 Å². The molecule has 0 aliphatic carbocycles. The van der Waals surface area contributed by atoms with Gasteiger partial charge < -0.3 is 15.2 Å². The lowest BCUT2D eigenvalue weighted by Crippen LogP contribution is -2.11. The van der Waals surface area contributed by atoms with Gasteiger partial charge in [-0.25, -0.2) is 0 Å². The maximum atomic E-state index is 12.4. The second-order valence-electron chi connectivity index (χ2n) is 4.78. The molecule has 0 radical (unpaired) electrons. The van der Waals surface area contributed by atoms with Crippen molar-refractivity contribution in [2.75, 3.05) is 5.32 Å². The summed E-state index contributed by atoms with van der Waals surface area (Å²) in [5, 5.41) is 12.6. The summed E-state index contributed by atoms with van der Waals surface area (Å²) in [7, 11) is 0. The Bertz CT molecular complexity index is 617. The third kappa shape index (κ3) is 3.84. The summed E-state index contributed by atoms with van der Waals surface area (Å²) < 4.78 is 29.4. The Balaban J connectivity index is 2.22. The van der Waals surface area contributed by atoms with Crippen LogP contribution in [0.3, 0.4) is 0 Å². The fraction of sp³-hybridized carbons (Fsp3) is 0.250. The van der Waals surface area contributed by atoms with Gasteiger partial charge in [0.25, 0.3) is 0 Å². The summed E-state index contributed by atoms with van der Waals surface area (Å²) in [5.41, 5.74) is 2.34. The number of para-hydroxylation sites is 1. The Hall–Kier alpha value is -2.30. The maximum Gasteiger partial charge on any atom is 0.387 e. The van der Waals surface area contributed by atoms with E-state index in [4.69, 9.17) is 0 Å². The van der Waals surface area contributed by atoms with Crippen molar-refractivity contribution in [1.82, 2.24) is 0 Å². The molecular weight excluding hydrogens is 276 g/mol. The van der Waals surface area contributed by atoms with E-state index in [1.165, 1.54) is 6.07 Å². The molecule has 2 rings (SSSR count). The lowest BCUT2D eigenvalue weighted by Gasteiger charge is -2.20. The van der Waals surface area contributed by atoms with Crippen LogP contribution >= 0.6 is 0 Å². The summed E-state index contributed by atoms with van der Waals surface area (Å²) in [5.74, 6) is 0.344. The molecular formula is C16H17F2NO2. The highest BCUT2D eigenvalue weighted by molar-refractivity contribution is 5.55. The zero-order chi connectivity index (χ0) is 15.4. The van der Waals surface area contributed by atoms with Gasteiger partial charge in [0.2, 0.25) is 0 Å². The second kappa shape index (κ2) is 6.43. The Morgan fingerprint density at radius 1 is 1.14 bits per heavy atom. The van der Waals surface area contributed by atoms with E-state index in [1.807, 2.05) is 13.8 Å². The molecule has 5 heteroatoms. The summed E-state index contributed by atoms with van der Waals surface area (Å²) >= 11 is 0. The number of hydrogen-bond donors (Lipinski definition) is 2. The molecule has 2 aromatic rings. The second-order valence-corrected chi connectivity index (χ2v) is 4.78. The van der Waals surface area contributed by atoms with Crippen molar-refractivity contribution in [3.05, 3.63) is 53.6 Å². The van der Waals surface area contributed by atoms with Gasteiger partial charge in [-0.2, -0.15) is 8.78 Å². The van der Waals surface area contributed by atoms with Crippen LogP contribution in [-0.4, -0.2) is 11.7 Å². The topological polar surface area (TPSA) is 41.5 Å². The summed E-state index contributed by atoms with van der Waals surface area (Å²) in [6, 6.07) is 11.4. The number of aryl methyl sites for hydroxylation is 1. The number of phenols is 1. The average molecular weight is 293 g/mol. The number of nitrogens with one attached hydrogen (secondary N) is 1. The van der Waals surface area contributed by atoms with E-state index in [0.29, 0.717) is 5.56 Å². The van der Waals surface area contributed by atoms with Crippen molar-refractivity contribution in [2.45, 2.75) is 26.5 Å². The predicted octanol–water partition coefficient (Wildman–Crippen LogP) is 4.48. The van der Waals surface area contributed by atoms with Crippen LogP contribution < -0.4 is 10.1 Å². The molecule has 0 heterocycles. The van der Waals surface area contributed by atoms with Crippen molar-refractivity contribution in [1.29, 1.82) is 0 Å². The average Bonchev–Trinajstić information content (AvgIpc) is 2.42. The number of hydrogen-bond acceptors (Lipinski definition) is 3. The first kappa shape index (κ1) is 15.1. The molecule has 112 valence electrons. The molecule has 3 nitrogen and oxygen atoms in total. The Morgan fingerprint density at radius 2 is 1.86 bits per heavy atom. The van der Waals surface area contributed by atoms with Gasteiger partial charge in [-0.3, -0.25) is 0 Å². The van der Waals surface area contributed by atoms with Gasteiger partial charge in [-0.15, -0.1) is 0 Å². The van der Waals surface area contributed by atoms with E-state index >= 15 is 0 Å². The summed E-state index contributed by atoms with van der Waals surface area (Å²) in [4.78, 5) is 0. The fourth-order valence-corrected chi connectivity index (χ4v) is 2.16. The third-order valence-corrected chi connectivity index (χ3v) is 3.18. The van der Waals surface area contributed by atoms with Crippen LogP contribution in [0.25, 0.3) is 0 Å². The van der Waals surface area contributed by atoms with Crippen molar-refractivity contribution >= 4 is 5.69 Å². The standard InChI is InChI=1S/C16H17F2NO2/c1-10-9-12(20)7-8-14(10)19-11(2)13-5-3-4-6-15(13)21-16(17)18/h3-9,11,16,19-20H,1-2H3. The van der Waals surface area contributed by atoms with Gasteiger partial charge >= 0.3 is 6.61 Å². The Kier molecular flexibility index (Phi) is 4.62. The monoisotopic (exact) mass is 293 g/mol. The van der Waals surface area contributed by atoms with Gasteiger partial charge in [0, 0.05) is 11.3 Å². The first-order chi connectivity index (χ1) is 9.97. The minimum Gasteiger partial charge on any atom is -0.508 e. The zero-order valence-electron chi connectivity index (χ0n) is 11.8. The van der Waals surface area contributed by atoms with E-state index in [1.54, 1.807) is 36.4 Å². The van der Waals surface area contributed by atoms with Gasteiger partial charge in [-0.05, 0) is 43.7 Å². The smallest absolute Gasteiger partial charge is 0.387 e. The summed E-state index contributed by atoms with van der Waals surface area (Å²) in [6.07, 6.45) is 0. The SMILES string of the molecule is Cc1cc(O)ccc1NC(C)c1ccccc1OC(F)F. The van der Waals surface area contributed by atoms with Crippen molar-refractivity contribution in [2.24, 2.45) is 0 Å². The molecule has 0 aromatic heterocycles. The molecule has 1 unspecified atom stereocenters. The molecule has 0 fully saturated rings. The molecule has 0 saturated heterocycles. The molecule has 1 atom stereocenters. The van der Waals surface area contributed by atoms with Crippen molar-refractivity contribution in [3.8, 4) is 11.5 Å². The molecule has 2 N–H and O–H groups in total. The number of anilines is 1. The van der Waals surface area contributed by atoms with Crippen LogP contribution in [0.2, 0.25) is 0 Å². The van der Waals surface area contributed by atoms with E-state index in [9.17, 15) is 13.9 Å². The molecule has 2 aromatic carbocycles. The lowest BCUT2D eigenvalue weighted by atomic mass is 10.1. The molecule has 0 aliphatic heterocycles. The van der Waals surface area contributed by atoms with Gasteiger partial charge in [0.15, 0.2) is 0 Å². The van der Waals surface area contributed by atoms with Crippen LogP contribution in [0.1, 0.15) is 24.1 Å². The molecule has 0 amide bonds. The van der Waals surface area contributed by atoms with Gasteiger partial charge in [-0.1, -0.05) is 18.2 Å². The van der Waals surface area contributed by atoms with E-state index in [2.05, 4.69) is 10.1 Å². The number of rotatable bonds is 5. The van der Waals surface area contributed by atoms with Crippen LogP contribution in [0.5, 0.6) is 11.5 Å². The molecule has 0 aliphatic rings. The van der Waals surface area contributed by atoms with E-state index < -0.39 is 6.61 Å². The van der Waals surface area contributed by atoms with Crippen LogP contribution in [0, 0.1) is 6.92 Å². The van der Waals surface area contributed by atoms with Crippen molar-refractivity contribution in [3.63, 3.8) is 0 Å². The van der Waals surface area contributed by atoms with Crippen LogP contribution in [0.4, 0.5) is 14.5 Å². The number of benzene rings is 2. The van der Waals surface area contributed by atoms with Crippen molar-refractivity contribution < 1.29 is 18.6 Å². The highest BCUT2D eigenvalue weighted by Gasteiger charge is 2.15. The van der Waals surface area contributed by atoms with E-state index in [-0.39, 0.29) is 17.5 Å². The number of aromatic hydroxyl groups is 1. The number of halogens is 2. The Morgan fingerprint density at radius 3 is 2.52 bits per heavy atom. The lowest BCUT2D eigenvalue weighted by molar-refractivity contribution is -0.0505. The Labute approximate surface area is 122 Å². The number of phenolic OH excluding ortho intramolecular Hbond substituents is 1. The third-order valence-electron chi connectivity index (χ3n) is 3.18. The minimum absolute atomic E-state index is 0.156. The maximum absolute atomic E-state index is 12.4. The quantitative estimate of drug-likeness (QED) is 0.799. The highest BCUT2D eigenvalue weighted by atomic mass is 19.3. The first-order valence-electron chi connectivity index (χ1n) is 6.57. The van der Waals surface area contributed by atoms with E-state index in [0.717, 1.165) is 11.3 Å². The zero-order valence-corrected chi connectivity index (χ0v) is 11.8. The number of alkyl halides is 2. The normalized spacial score (nSPS) is 12.2. The molecule has 0 saturated carbocycles.